The highest BCUT2D eigenvalue weighted by atomic mass is 16.1. The van der Waals surface area contributed by atoms with Crippen molar-refractivity contribution < 1.29 is 7.54 Å². The van der Waals surface area contributed by atoms with E-state index in [4.69, 9.17) is 0 Å². The first kappa shape index (κ1) is 24.1. The highest BCUT2D eigenvalue weighted by Gasteiger charge is 2.25. The van der Waals surface area contributed by atoms with E-state index in [1.54, 1.807) is 0 Å². The first-order chi connectivity index (χ1) is 19.7. The molecule has 2 N–H and O–H groups in total. The number of rotatable bonds is 9. The number of amides is 1. The number of aromatic nitrogens is 4. The Hall–Kier alpha value is -4.00. The van der Waals surface area contributed by atoms with E-state index < -0.39 is 6.50 Å². The van der Waals surface area contributed by atoms with Gasteiger partial charge in [-0.1, -0.05) is 93.3 Å². The zero-order valence-electron chi connectivity index (χ0n) is 24.9. The van der Waals surface area contributed by atoms with Gasteiger partial charge in [-0.25, -0.2) is 0 Å². The number of nitrogens with one attached hydrogen (secondary N) is 2. The molecule has 7 nitrogen and oxygen atoms in total. The lowest BCUT2D eigenvalue weighted by atomic mass is 9.92. The average molecular weight is 525 g/mol. The van der Waals surface area contributed by atoms with Crippen molar-refractivity contribution >= 4 is 17.3 Å². The summed E-state index contributed by atoms with van der Waals surface area (Å²) >= 11 is 0. The number of carbonyl (C=O) groups is 1. The summed E-state index contributed by atoms with van der Waals surface area (Å²) in [6, 6.07) is 21.7. The molecule has 7 heteroatoms. The zero-order valence-corrected chi connectivity index (χ0v) is 22.9. The number of anilines is 2. The van der Waals surface area contributed by atoms with Crippen LogP contribution in [0.1, 0.15) is 59.8 Å². The summed E-state index contributed by atoms with van der Waals surface area (Å²) < 4.78 is 18.4. The van der Waals surface area contributed by atoms with Crippen molar-refractivity contribution in [2.75, 3.05) is 16.7 Å². The molecule has 3 aromatic carbocycles. The van der Waals surface area contributed by atoms with E-state index in [-0.39, 0.29) is 24.3 Å². The van der Waals surface area contributed by atoms with Crippen LogP contribution in [0.2, 0.25) is 0 Å². The molecule has 5 rings (SSSR count). The van der Waals surface area contributed by atoms with Crippen LogP contribution in [0.25, 0.3) is 22.5 Å². The van der Waals surface area contributed by atoms with Gasteiger partial charge in [-0.2, -0.15) is 5.21 Å². The molecule has 0 bridgehead atoms. The molecule has 0 spiro atoms. The van der Waals surface area contributed by atoms with Crippen LogP contribution < -0.4 is 10.2 Å². The predicted molar refractivity (Wildman–Crippen MR) is 158 cm³/mol. The molecule has 1 amide bonds. The summed E-state index contributed by atoms with van der Waals surface area (Å²) in [5.74, 6) is 0.0844. The normalized spacial score (nSPS) is 15.1. The summed E-state index contributed by atoms with van der Waals surface area (Å²) in [5.41, 5.74) is 5.94. The van der Waals surface area contributed by atoms with Crippen LogP contribution in [0, 0.1) is 12.8 Å². The standard InChI is InChI=1S/C32H38N6O/c1-22(2)21-38(26-9-5-4-6-10-26)30-18-17-25(27-11-7-8-12-28(27)32-34-36-37-35-32)20-29(30)33-31(39)19-24-15-13-23(3)14-16-24/h7-8,11-18,20,22,26H,4-6,9-10,19,21H2,1-3H3,(H,33,39)(H,34,35,36,37)/i21D2. The molecular formula is C32H38N6O. The van der Waals surface area contributed by atoms with Crippen molar-refractivity contribution in [2.45, 2.75) is 65.3 Å². The highest BCUT2D eigenvalue weighted by molar-refractivity contribution is 5.97. The monoisotopic (exact) mass is 524 g/mol. The summed E-state index contributed by atoms with van der Waals surface area (Å²) in [7, 11) is 0. The van der Waals surface area contributed by atoms with Gasteiger partial charge in [0.25, 0.3) is 0 Å². The van der Waals surface area contributed by atoms with Crippen LogP contribution in [-0.2, 0) is 11.2 Å². The number of benzene rings is 3. The summed E-state index contributed by atoms with van der Waals surface area (Å²) in [6.07, 6.45) is 5.38. The van der Waals surface area contributed by atoms with E-state index in [0.717, 1.165) is 53.5 Å². The second kappa shape index (κ2) is 12.2. The molecule has 1 heterocycles. The largest absolute Gasteiger partial charge is 0.367 e. The third kappa shape index (κ3) is 6.53. The molecule has 4 aromatic rings. The number of aryl methyl sites for hydroxylation is 1. The maximum absolute atomic E-state index is 13.4. The lowest BCUT2D eigenvalue weighted by Gasteiger charge is -2.38. The van der Waals surface area contributed by atoms with Crippen LogP contribution in [-0.4, -0.2) is 39.1 Å². The Balaban J connectivity index is 1.60. The second-order valence-electron chi connectivity index (χ2n) is 10.7. The average Bonchev–Trinajstić information content (AvgIpc) is 3.51. The molecular weight excluding hydrogens is 484 g/mol. The van der Waals surface area contributed by atoms with Crippen molar-refractivity contribution in [3.63, 3.8) is 0 Å². The van der Waals surface area contributed by atoms with Crippen molar-refractivity contribution in [3.8, 4) is 22.5 Å². The van der Waals surface area contributed by atoms with Crippen molar-refractivity contribution in [3.05, 3.63) is 77.9 Å². The Morgan fingerprint density at radius 1 is 1.05 bits per heavy atom. The van der Waals surface area contributed by atoms with Gasteiger partial charge in [0.2, 0.25) is 11.7 Å². The third-order valence-electron chi connectivity index (χ3n) is 7.18. The summed E-state index contributed by atoms with van der Waals surface area (Å²) in [4.78, 5) is 15.4. The molecule has 0 unspecified atom stereocenters. The third-order valence-corrected chi connectivity index (χ3v) is 7.18. The van der Waals surface area contributed by atoms with Gasteiger partial charge in [-0.15, -0.1) is 10.2 Å². The van der Waals surface area contributed by atoms with E-state index in [0.29, 0.717) is 17.2 Å². The lowest BCUT2D eigenvalue weighted by molar-refractivity contribution is -0.115. The van der Waals surface area contributed by atoms with Gasteiger partial charge < -0.3 is 10.2 Å². The maximum Gasteiger partial charge on any atom is 0.228 e. The lowest BCUT2D eigenvalue weighted by Crippen LogP contribution is -2.40. The van der Waals surface area contributed by atoms with Gasteiger partial charge >= 0.3 is 0 Å². The fourth-order valence-electron chi connectivity index (χ4n) is 5.29. The van der Waals surface area contributed by atoms with Crippen LogP contribution >= 0.6 is 0 Å². The van der Waals surface area contributed by atoms with E-state index in [9.17, 15) is 7.54 Å². The van der Waals surface area contributed by atoms with Gasteiger partial charge in [-0.3, -0.25) is 4.79 Å². The Bertz CT molecular complexity index is 1460. The van der Waals surface area contributed by atoms with Gasteiger partial charge in [-0.05, 0) is 59.7 Å². The highest BCUT2D eigenvalue weighted by Crippen LogP contribution is 2.38. The van der Waals surface area contributed by atoms with Crippen molar-refractivity contribution in [1.29, 1.82) is 0 Å². The molecule has 1 aromatic heterocycles. The number of hydrogen-bond donors (Lipinski definition) is 2. The first-order valence-corrected chi connectivity index (χ1v) is 13.9. The molecule has 39 heavy (non-hydrogen) atoms. The number of H-pyrrole nitrogens is 1. The molecule has 202 valence electrons. The van der Waals surface area contributed by atoms with Crippen molar-refractivity contribution in [1.82, 2.24) is 20.6 Å². The van der Waals surface area contributed by atoms with Crippen molar-refractivity contribution in [2.24, 2.45) is 5.92 Å². The van der Waals surface area contributed by atoms with Gasteiger partial charge in [0.15, 0.2) is 0 Å². The quantitative estimate of drug-likeness (QED) is 0.251. The van der Waals surface area contributed by atoms with Gasteiger partial charge in [0.05, 0.1) is 17.8 Å². The minimum atomic E-state index is -1.61. The Labute approximate surface area is 233 Å². The van der Waals surface area contributed by atoms with E-state index >= 15 is 0 Å². The Morgan fingerprint density at radius 2 is 1.79 bits per heavy atom. The first-order valence-electron chi connectivity index (χ1n) is 14.9. The van der Waals surface area contributed by atoms with Gasteiger partial charge in [0.1, 0.15) is 0 Å². The van der Waals surface area contributed by atoms with Crippen LogP contribution in [0.15, 0.2) is 66.7 Å². The molecule has 0 saturated heterocycles. The molecule has 1 fully saturated rings. The fourth-order valence-corrected chi connectivity index (χ4v) is 5.29. The second-order valence-corrected chi connectivity index (χ2v) is 10.7. The molecule has 1 aliphatic carbocycles. The summed E-state index contributed by atoms with van der Waals surface area (Å²) in [6.45, 7) is 4.25. The fraction of sp³-hybridized carbons (Fsp3) is 0.375. The maximum atomic E-state index is 13.4. The van der Waals surface area contributed by atoms with Crippen LogP contribution in [0.4, 0.5) is 11.4 Å². The van der Waals surface area contributed by atoms with Gasteiger partial charge in [0, 0.05) is 20.8 Å². The topological polar surface area (TPSA) is 86.8 Å². The van der Waals surface area contributed by atoms with Crippen LogP contribution in [0.5, 0.6) is 0 Å². The molecule has 1 saturated carbocycles. The number of carbonyl (C=O) groups excluding carboxylic acids is 1. The zero-order chi connectivity index (χ0) is 29.0. The van der Waals surface area contributed by atoms with E-state index in [1.165, 1.54) is 6.42 Å². The van der Waals surface area contributed by atoms with E-state index in [1.807, 2.05) is 92.4 Å². The number of aromatic amines is 1. The number of tetrazole rings is 1. The molecule has 0 aliphatic heterocycles. The predicted octanol–water partition coefficient (Wildman–Crippen LogP) is 6.82. The minimum Gasteiger partial charge on any atom is -0.367 e. The number of hydrogen-bond acceptors (Lipinski definition) is 5. The summed E-state index contributed by atoms with van der Waals surface area (Å²) in [5, 5.41) is 17.8. The Kier molecular flexibility index (Phi) is 7.55. The SMILES string of the molecule is [2H]C([2H])(C(C)C)N(c1ccc(-c2ccccc2-c2nn[nH]n2)cc1NC(=O)Cc1ccc(C)cc1)C1CCCCC1. The number of nitrogens with zero attached hydrogens (tertiary/aromatic N) is 4. The van der Waals surface area contributed by atoms with Crippen LogP contribution in [0.3, 0.4) is 0 Å². The van der Waals surface area contributed by atoms with E-state index in [2.05, 4.69) is 25.9 Å². The Morgan fingerprint density at radius 3 is 2.49 bits per heavy atom. The smallest absolute Gasteiger partial charge is 0.228 e. The molecule has 1 aliphatic rings. The molecule has 0 radical (unpaired) electrons. The minimum absolute atomic E-state index is 0.0476. The molecule has 0 atom stereocenters.